The molecule has 0 saturated heterocycles. The van der Waals surface area contributed by atoms with Gasteiger partial charge in [0.15, 0.2) is 0 Å². The second-order valence-electron chi connectivity index (χ2n) is 29.8. The lowest BCUT2D eigenvalue weighted by atomic mass is 9.70. The summed E-state index contributed by atoms with van der Waals surface area (Å²) in [5.74, 6) is 81.5. The highest BCUT2D eigenvalue weighted by molar-refractivity contribution is 9.11. The lowest BCUT2D eigenvalue weighted by Crippen LogP contribution is -2.25. The Morgan fingerprint density at radius 1 is 0.299 bits per heavy atom. The minimum absolute atomic E-state index is 0.0886. The second-order valence-corrected chi connectivity index (χ2v) is 31.4. The van der Waals surface area contributed by atoms with Crippen molar-refractivity contribution in [1.29, 1.82) is 0 Å². The Hall–Kier alpha value is -12.6. The van der Waals surface area contributed by atoms with Crippen LogP contribution in [0.5, 0.6) is 0 Å². The molecule has 5 heterocycles. The Bertz CT molecular complexity index is 6170. The van der Waals surface area contributed by atoms with Gasteiger partial charge in [-0.3, -0.25) is 0 Å². The Kier molecular flexibility index (Phi) is 34.0. The molecule has 2 aliphatic heterocycles. The van der Waals surface area contributed by atoms with Gasteiger partial charge in [0.1, 0.15) is 0 Å². The summed E-state index contributed by atoms with van der Waals surface area (Å²) < 4.78 is 1.72. The summed E-state index contributed by atoms with van der Waals surface area (Å²) in [6.07, 6.45) is 53.9. The Morgan fingerprint density at radius 2 is 0.590 bits per heavy atom. The number of hydrogen-bond acceptors (Lipinski definition) is 2. The van der Waals surface area contributed by atoms with Crippen LogP contribution in [-0.2, 0) is 10.8 Å². The van der Waals surface area contributed by atoms with E-state index in [0.717, 1.165) is 111 Å². The van der Waals surface area contributed by atoms with Crippen molar-refractivity contribution in [3.05, 3.63) is 163 Å². The first-order valence-electron chi connectivity index (χ1n) is 41.7. The van der Waals surface area contributed by atoms with Crippen molar-refractivity contribution < 1.29 is 0 Å². The van der Waals surface area contributed by atoms with Gasteiger partial charge >= 0.3 is 0 Å². The molecule has 6 heteroatoms. The van der Waals surface area contributed by atoms with Crippen molar-refractivity contribution in [3.8, 4) is 234 Å². The van der Waals surface area contributed by atoms with Gasteiger partial charge in [-0.2, -0.15) is 0 Å². The third-order valence-electron chi connectivity index (χ3n) is 21.8. The molecule has 1 unspecified atom stereocenters. The van der Waals surface area contributed by atoms with E-state index in [1.54, 1.807) is 0 Å². The third-order valence-corrected chi connectivity index (χ3v) is 23.5. The zero-order valence-corrected chi connectivity index (χ0v) is 70.8. The number of unbranched alkanes of at least 4 members (excludes halogenated alkanes) is 26. The fourth-order valence-electron chi connectivity index (χ4n) is 16.1. The van der Waals surface area contributed by atoms with Crippen LogP contribution in [0.15, 0.2) is 118 Å². The average Bonchev–Trinajstić information content (AvgIpc) is 1.58. The fraction of sp³-hybridized carbons (Fsp3) is 0.315. The molecular weight excluding hydrogens is 1550 g/mol. The van der Waals surface area contributed by atoms with Gasteiger partial charge in [0.25, 0.3) is 0 Å². The molecule has 1 atom stereocenters. The number of nitrogens with zero attached hydrogens (tertiary/aromatic N) is 2. The van der Waals surface area contributed by atoms with Crippen LogP contribution in [0, 0.1) is 190 Å². The zero-order chi connectivity index (χ0) is 81.2. The molecule has 0 radical (unpaired) electrons. The molecule has 572 valence electrons. The van der Waals surface area contributed by atoms with Gasteiger partial charge < -0.3 is 9.97 Å². The molecule has 3 aromatic heterocycles. The third kappa shape index (κ3) is 24.0. The van der Waals surface area contributed by atoms with Crippen LogP contribution in [0.1, 0.15) is 258 Å². The second kappa shape index (κ2) is 46.7. The molecule has 4 nitrogen and oxygen atoms in total. The van der Waals surface area contributed by atoms with Crippen LogP contribution >= 0.6 is 31.9 Å². The zero-order valence-electron chi connectivity index (χ0n) is 67.6. The van der Waals surface area contributed by atoms with Gasteiger partial charge in [-0.1, -0.05) is 272 Å². The number of fused-ring (bicyclic) bond motifs is 14. The number of hydrogen-bond donors (Lipinski definition) is 2. The fourth-order valence-corrected chi connectivity index (χ4v) is 17.0. The highest BCUT2D eigenvalue weighted by Gasteiger charge is 2.43. The van der Waals surface area contributed by atoms with E-state index < -0.39 is 5.41 Å². The molecule has 2 aliphatic carbocycles. The van der Waals surface area contributed by atoms with E-state index in [1.807, 2.05) is 0 Å². The monoisotopic (exact) mass is 1640 g/mol. The van der Waals surface area contributed by atoms with Crippen molar-refractivity contribution in [1.82, 2.24) is 19.9 Å². The summed E-state index contributed by atoms with van der Waals surface area (Å²) in [7, 11) is 0. The highest BCUT2D eigenvalue weighted by atomic mass is 79.9. The van der Waals surface area contributed by atoms with Crippen LogP contribution in [0.2, 0.25) is 0 Å². The quantitative estimate of drug-likeness (QED) is 0.0326. The Balaban J connectivity index is 0.832. The number of terminal acetylenes is 1. The molecule has 117 heavy (non-hydrogen) atoms. The number of aromatic amines is 2. The van der Waals surface area contributed by atoms with Crippen LogP contribution in [0.3, 0.4) is 0 Å². The highest BCUT2D eigenvalue weighted by Crippen LogP contribution is 2.56. The summed E-state index contributed by atoms with van der Waals surface area (Å²) in [5.41, 5.74) is 20.6. The molecule has 8 bridgehead atoms. The summed E-state index contributed by atoms with van der Waals surface area (Å²) in [6, 6.07) is 40.6. The minimum atomic E-state index is -0.714. The number of rotatable bonds is 32. The first-order valence-corrected chi connectivity index (χ1v) is 43.3. The minimum Gasteiger partial charge on any atom is -0.354 e. The van der Waals surface area contributed by atoms with Crippen molar-refractivity contribution in [2.24, 2.45) is 0 Å². The number of nitrogens with one attached hydrogen (secondary N) is 2. The SMILES string of the molecule is C#CC#CC#CC#CC#CC#CC#CC#CC#CC#CC#CC#CC#CC#CC#CC#CC1(C)c2ccccc2-c2ccc(-c3c4nc(c(Br)c5ccc([nH]5)c(-c5ccc6c(c5)C(CCCCCCCCCCCCCCCC)(CCCCCCCCCCCCCCCC)c5ccccc5-6)c5nc(c(Br)c6ccc3[nH]6)C=C5)C=C4)cc21. The van der Waals surface area contributed by atoms with Crippen LogP contribution in [-0.4, -0.2) is 19.9 Å². The standard InChI is InChI=1S/C111H94Br2N4/c1-5-8-11-14-17-20-23-26-29-30-31-32-33-34-35-36-37-38-39-40-41-42-43-44-45-48-51-54-57-64-83-110(4)94-69-62-60-67-90(94)92-73-71-88(86-96(92)110)106-98-75-79-102(114-98)108(112)104-81-77-100(116-104)107(101-78-82-105(117-101)109(113)103-80-76-99(106)115-103)89-72-74-93-91-68-61-63-70-95(91)111(97(93)87-89,84-65-58-55-52-49-46-27-24-21-18-15-12-9-6-2)85-66-59-56-53-50-47-28-25-22-19-16-13-10-7-3/h1,60-63,67-82,86-87,114,117H,6-7,9-10,12-13,15-16,18-19,21-22,24-25,27-28,46-47,49-50,52-53,55-56,58-59,65-66,84-85H2,2-4H3. The van der Waals surface area contributed by atoms with E-state index in [1.165, 1.54) is 202 Å². The van der Waals surface area contributed by atoms with E-state index >= 15 is 0 Å². The topological polar surface area (TPSA) is 57.4 Å². The summed E-state index contributed by atoms with van der Waals surface area (Å²) >= 11 is 8.23. The van der Waals surface area contributed by atoms with Crippen molar-refractivity contribution in [2.75, 3.05) is 0 Å². The number of halogens is 2. The van der Waals surface area contributed by atoms with Crippen LogP contribution in [0.25, 0.3) is 90.9 Å². The van der Waals surface area contributed by atoms with Gasteiger partial charge in [-0.05, 0) is 263 Å². The molecule has 0 spiro atoms. The van der Waals surface area contributed by atoms with E-state index in [2.05, 4.69) is 380 Å². The molecule has 4 aromatic carbocycles. The van der Waals surface area contributed by atoms with Crippen molar-refractivity contribution in [3.63, 3.8) is 0 Å². The number of benzene rings is 4. The lowest BCUT2D eigenvalue weighted by Gasteiger charge is -2.33. The normalized spacial score (nSPS) is 12.2. The van der Waals surface area contributed by atoms with Gasteiger partial charge in [-0.15, -0.1) is 6.42 Å². The summed E-state index contributed by atoms with van der Waals surface area (Å²) in [5, 5.41) is 0. The predicted molar refractivity (Wildman–Crippen MR) is 499 cm³/mol. The van der Waals surface area contributed by atoms with Gasteiger partial charge in [-0.25, -0.2) is 9.97 Å². The summed E-state index contributed by atoms with van der Waals surface area (Å²) in [4.78, 5) is 18.8. The molecular formula is C111H94Br2N4. The van der Waals surface area contributed by atoms with Gasteiger partial charge in [0.2, 0.25) is 0 Å². The smallest absolute Gasteiger partial charge is 0.0806 e. The van der Waals surface area contributed by atoms with Crippen molar-refractivity contribution >= 4 is 78.2 Å². The molecule has 2 N–H and O–H groups in total. The predicted octanol–water partition coefficient (Wildman–Crippen LogP) is 25.5. The molecule has 0 fully saturated rings. The van der Waals surface area contributed by atoms with Crippen LogP contribution < -0.4 is 0 Å². The summed E-state index contributed by atoms with van der Waals surface area (Å²) in [6.45, 7) is 6.78. The average molecular weight is 1640 g/mol. The first-order chi connectivity index (χ1) is 57.8. The molecule has 4 aliphatic rings. The Morgan fingerprint density at radius 3 is 0.966 bits per heavy atom. The van der Waals surface area contributed by atoms with E-state index in [0.29, 0.717) is 0 Å². The van der Waals surface area contributed by atoms with E-state index in [4.69, 9.17) is 16.4 Å². The Labute approximate surface area is 714 Å². The maximum absolute atomic E-state index is 5.56. The number of aromatic nitrogens is 4. The number of H-pyrrole nitrogens is 2. The van der Waals surface area contributed by atoms with E-state index in [9.17, 15) is 0 Å². The maximum atomic E-state index is 5.56. The molecule has 0 amide bonds. The molecule has 11 rings (SSSR count). The molecule has 0 saturated carbocycles. The van der Waals surface area contributed by atoms with Crippen LogP contribution in [0.4, 0.5) is 0 Å². The van der Waals surface area contributed by atoms with Gasteiger partial charge in [0.05, 0.1) is 48.2 Å². The molecule has 7 aromatic rings. The van der Waals surface area contributed by atoms with E-state index in [-0.39, 0.29) is 5.41 Å². The largest absolute Gasteiger partial charge is 0.354 e. The first kappa shape index (κ1) is 85.3. The van der Waals surface area contributed by atoms with Crippen molar-refractivity contribution in [2.45, 2.75) is 224 Å². The maximum Gasteiger partial charge on any atom is 0.0806 e. The lowest BCUT2D eigenvalue weighted by molar-refractivity contribution is 0.397. The van der Waals surface area contributed by atoms with Gasteiger partial charge in [0, 0.05) is 110 Å².